The zero-order valence-electron chi connectivity index (χ0n) is 10.5. The molecule has 1 aromatic rings. The third-order valence-corrected chi connectivity index (χ3v) is 3.32. The molecule has 0 aliphatic heterocycles. The number of thioether (sulfide) groups is 1. The molecule has 0 bridgehead atoms. The number of hydrogen-bond acceptors (Lipinski definition) is 4. The van der Waals surface area contributed by atoms with Gasteiger partial charge in [-0.15, -0.1) is 10.2 Å². The van der Waals surface area contributed by atoms with E-state index in [2.05, 4.69) is 24.0 Å². The van der Waals surface area contributed by atoms with Gasteiger partial charge >= 0.3 is 5.97 Å². The molecule has 0 aromatic carbocycles. The molecule has 0 unspecified atom stereocenters. The first-order chi connectivity index (χ1) is 8.04. The van der Waals surface area contributed by atoms with Crippen molar-refractivity contribution >= 4 is 17.7 Å². The van der Waals surface area contributed by atoms with Crippen molar-refractivity contribution in [1.82, 2.24) is 14.8 Å². The Morgan fingerprint density at radius 2 is 2.18 bits per heavy atom. The lowest BCUT2D eigenvalue weighted by molar-refractivity contribution is -0.133. The van der Waals surface area contributed by atoms with Crippen molar-refractivity contribution in [3.63, 3.8) is 0 Å². The molecule has 0 aliphatic carbocycles. The van der Waals surface area contributed by atoms with Crippen LogP contribution in [0.5, 0.6) is 0 Å². The average molecular weight is 257 g/mol. The molecule has 0 amide bonds. The van der Waals surface area contributed by atoms with Crippen LogP contribution in [0, 0.1) is 5.92 Å². The van der Waals surface area contributed by atoms with Crippen LogP contribution in [-0.4, -0.2) is 31.6 Å². The molecule has 1 N–H and O–H groups in total. The molecule has 0 radical (unpaired) electrons. The number of carboxylic acids is 1. The van der Waals surface area contributed by atoms with Crippen molar-refractivity contribution in [2.75, 3.05) is 5.75 Å². The van der Waals surface area contributed by atoms with Gasteiger partial charge in [0.1, 0.15) is 5.82 Å². The Labute approximate surface area is 106 Å². The number of aromatic nitrogens is 3. The molecule has 5 nitrogen and oxygen atoms in total. The quantitative estimate of drug-likeness (QED) is 0.757. The summed E-state index contributed by atoms with van der Waals surface area (Å²) in [6.07, 6.45) is 1.87. The fourth-order valence-corrected chi connectivity index (χ4v) is 2.13. The second kappa shape index (κ2) is 6.64. The SMILES string of the molecule is CCc1nnc(SCC(=O)O)n1CCC(C)C. The summed E-state index contributed by atoms with van der Waals surface area (Å²) in [6.45, 7) is 7.22. The Hall–Kier alpha value is -1.04. The van der Waals surface area contributed by atoms with Crippen molar-refractivity contribution in [1.29, 1.82) is 0 Å². The van der Waals surface area contributed by atoms with Crippen LogP contribution in [0.3, 0.4) is 0 Å². The molecule has 0 aliphatic rings. The minimum Gasteiger partial charge on any atom is -0.481 e. The van der Waals surface area contributed by atoms with Gasteiger partial charge < -0.3 is 9.67 Å². The summed E-state index contributed by atoms with van der Waals surface area (Å²) >= 11 is 1.23. The van der Waals surface area contributed by atoms with E-state index in [1.54, 1.807) is 0 Å². The molecule has 1 aromatic heterocycles. The molecular formula is C11H19N3O2S. The first kappa shape index (κ1) is 14.0. The van der Waals surface area contributed by atoms with E-state index in [-0.39, 0.29) is 5.75 Å². The van der Waals surface area contributed by atoms with Crippen molar-refractivity contribution in [3.05, 3.63) is 5.82 Å². The van der Waals surface area contributed by atoms with E-state index >= 15 is 0 Å². The van der Waals surface area contributed by atoms with Crippen LogP contribution >= 0.6 is 11.8 Å². The van der Waals surface area contributed by atoms with E-state index in [1.165, 1.54) is 11.8 Å². The van der Waals surface area contributed by atoms with Crippen molar-refractivity contribution in [2.45, 2.75) is 45.3 Å². The molecule has 0 saturated heterocycles. The summed E-state index contributed by atoms with van der Waals surface area (Å²) in [7, 11) is 0. The van der Waals surface area contributed by atoms with E-state index < -0.39 is 5.97 Å². The molecule has 0 spiro atoms. The summed E-state index contributed by atoms with van der Waals surface area (Å²) < 4.78 is 2.04. The second-order valence-electron chi connectivity index (χ2n) is 4.27. The minimum absolute atomic E-state index is 0.0313. The van der Waals surface area contributed by atoms with Crippen LogP contribution in [0.25, 0.3) is 0 Å². The van der Waals surface area contributed by atoms with E-state index in [1.807, 2.05) is 11.5 Å². The molecule has 96 valence electrons. The van der Waals surface area contributed by atoms with Gasteiger partial charge in [-0.2, -0.15) is 0 Å². The Kier molecular flexibility index (Phi) is 5.47. The number of aliphatic carboxylic acids is 1. The predicted molar refractivity (Wildman–Crippen MR) is 67.2 cm³/mol. The predicted octanol–water partition coefficient (Wildman–Crippen LogP) is 2.06. The highest BCUT2D eigenvalue weighted by Gasteiger charge is 2.12. The van der Waals surface area contributed by atoms with E-state index in [4.69, 9.17) is 5.11 Å². The maximum atomic E-state index is 10.5. The maximum absolute atomic E-state index is 10.5. The van der Waals surface area contributed by atoms with Crippen LogP contribution in [0.15, 0.2) is 5.16 Å². The van der Waals surface area contributed by atoms with Crippen LogP contribution in [0.1, 0.15) is 33.0 Å². The standard InChI is InChI=1S/C11H19N3O2S/c1-4-9-12-13-11(17-7-10(15)16)14(9)6-5-8(2)3/h8H,4-7H2,1-3H3,(H,15,16). The first-order valence-electron chi connectivity index (χ1n) is 5.81. The molecule has 6 heteroatoms. The monoisotopic (exact) mass is 257 g/mol. The summed E-state index contributed by atoms with van der Waals surface area (Å²) in [4.78, 5) is 10.5. The van der Waals surface area contributed by atoms with Gasteiger partial charge in [-0.3, -0.25) is 4.79 Å². The van der Waals surface area contributed by atoms with Gasteiger partial charge in [0.05, 0.1) is 5.75 Å². The van der Waals surface area contributed by atoms with Crippen molar-refractivity contribution in [3.8, 4) is 0 Å². The van der Waals surface area contributed by atoms with Crippen LogP contribution < -0.4 is 0 Å². The summed E-state index contributed by atoms with van der Waals surface area (Å²) in [5, 5.41) is 17.5. The Balaban J connectivity index is 2.74. The van der Waals surface area contributed by atoms with Gasteiger partial charge in [0.15, 0.2) is 5.16 Å². The highest BCUT2D eigenvalue weighted by Crippen LogP contribution is 2.18. The highest BCUT2D eigenvalue weighted by molar-refractivity contribution is 7.99. The number of aryl methyl sites for hydroxylation is 1. The molecular weight excluding hydrogens is 238 g/mol. The van der Waals surface area contributed by atoms with Gasteiger partial charge in [0.25, 0.3) is 0 Å². The van der Waals surface area contributed by atoms with E-state index in [0.29, 0.717) is 11.1 Å². The van der Waals surface area contributed by atoms with Gasteiger partial charge in [0, 0.05) is 13.0 Å². The number of nitrogens with zero attached hydrogens (tertiary/aromatic N) is 3. The topological polar surface area (TPSA) is 68.0 Å². The Morgan fingerprint density at radius 1 is 1.47 bits per heavy atom. The lowest BCUT2D eigenvalue weighted by Gasteiger charge is -2.10. The Morgan fingerprint density at radius 3 is 2.71 bits per heavy atom. The fraction of sp³-hybridized carbons (Fsp3) is 0.727. The van der Waals surface area contributed by atoms with Gasteiger partial charge in [-0.1, -0.05) is 32.5 Å². The van der Waals surface area contributed by atoms with Crippen LogP contribution in [0.4, 0.5) is 0 Å². The number of hydrogen-bond donors (Lipinski definition) is 1. The molecule has 0 atom stereocenters. The number of carbonyl (C=O) groups is 1. The van der Waals surface area contributed by atoms with Gasteiger partial charge in [-0.05, 0) is 12.3 Å². The molecule has 1 heterocycles. The average Bonchev–Trinajstić information content (AvgIpc) is 2.65. The summed E-state index contributed by atoms with van der Waals surface area (Å²) in [5.74, 6) is 0.744. The third kappa shape index (κ3) is 4.38. The zero-order chi connectivity index (χ0) is 12.8. The lowest BCUT2D eigenvalue weighted by Crippen LogP contribution is -2.08. The van der Waals surface area contributed by atoms with E-state index in [0.717, 1.165) is 25.2 Å². The van der Waals surface area contributed by atoms with Crippen LogP contribution in [-0.2, 0) is 17.8 Å². The van der Waals surface area contributed by atoms with Crippen molar-refractivity contribution in [2.24, 2.45) is 5.92 Å². The zero-order valence-corrected chi connectivity index (χ0v) is 11.3. The molecule has 17 heavy (non-hydrogen) atoms. The largest absolute Gasteiger partial charge is 0.481 e. The molecule has 0 fully saturated rings. The third-order valence-electron chi connectivity index (χ3n) is 2.36. The Bertz CT molecular complexity index is 377. The second-order valence-corrected chi connectivity index (χ2v) is 5.21. The lowest BCUT2D eigenvalue weighted by atomic mass is 10.1. The first-order valence-corrected chi connectivity index (χ1v) is 6.79. The summed E-state index contributed by atoms with van der Waals surface area (Å²) in [5.41, 5.74) is 0. The normalized spacial score (nSPS) is 11.1. The van der Waals surface area contributed by atoms with Crippen LogP contribution in [0.2, 0.25) is 0 Å². The van der Waals surface area contributed by atoms with E-state index in [9.17, 15) is 4.79 Å². The minimum atomic E-state index is -0.827. The van der Waals surface area contributed by atoms with Gasteiger partial charge in [0.2, 0.25) is 0 Å². The smallest absolute Gasteiger partial charge is 0.313 e. The number of rotatable bonds is 7. The van der Waals surface area contributed by atoms with Gasteiger partial charge in [-0.25, -0.2) is 0 Å². The molecule has 1 rings (SSSR count). The maximum Gasteiger partial charge on any atom is 0.313 e. The molecule has 0 saturated carbocycles. The van der Waals surface area contributed by atoms with Crippen molar-refractivity contribution < 1.29 is 9.90 Å². The summed E-state index contributed by atoms with van der Waals surface area (Å²) in [6, 6.07) is 0. The fourth-order valence-electron chi connectivity index (χ4n) is 1.43. The highest BCUT2D eigenvalue weighted by atomic mass is 32.2. The number of carboxylic acid groups (broad SMARTS) is 1.